The van der Waals surface area contributed by atoms with E-state index >= 15 is 0 Å². The van der Waals surface area contributed by atoms with E-state index in [1.165, 1.54) is 0 Å². The molecule has 1 aromatic carbocycles. The van der Waals surface area contributed by atoms with Crippen LogP contribution in [0.1, 0.15) is 6.92 Å². The number of benzene rings is 1. The summed E-state index contributed by atoms with van der Waals surface area (Å²) in [6.45, 7) is 1.64. The Labute approximate surface area is 104 Å². The van der Waals surface area contributed by atoms with Gasteiger partial charge in [0.1, 0.15) is 0 Å². The molecule has 0 aromatic heterocycles. The molecule has 16 heavy (non-hydrogen) atoms. The summed E-state index contributed by atoms with van der Waals surface area (Å²) in [4.78, 5) is 0.405. The summed E-state index contributed by atoms with van der Waals surface area (Å²) < 4.78 is 40.7. The van der Waals surface area contributed by atoms with Crippen LogP contribution in [-0.4, -0.2) is 22.6 Å². The molecule has 0 N–H and O–H groups in total. The molecule has 0 aliphatic rings. The largest absolute Gasteiger partial charge is 0.317 e. The lowest BCUT2D eigenvalue weighted by molar-refractivity contribution is 0.597. The topological polar surface area (TPSA) is 68.3 Å². The van der Waals surface area contributed by atoms with Crippen LogP contribution < -0.4 is 0 Å². The zero-order valence-corrected chi connectivity index (χ0v) is 11.4. The second-order valence-corrected chi connectivity index (χ2v) is 8.54. The minimum atomic E-state index is -3.72. The minimum absolute atomic E-state index is 0.164. The molecule has 0 heterocycles. The van der Waals surface area contributed by atoms with Crippen molar-refractivity contribution >= 4 is 39.5 Å². The maximum absolute atomic E-state index is 11.2. The zero-order chi connectivity index (χ0) is 12.8. The molecule has 0 radical (unpaired) electrons. The minimum Gasteiger partial charge on any atom is -0.224 e. The van der Waals surface area contributed by atoms with Crippen molar-refractivity contribution in [3.05, 3.63) is 30.3 Å². The van der Waals surface area contributed by atoms with Crippen molar-refractivity contribution in [2.45, 2.75) is 11.8 Å². The van der Waals surface area contributed by atoms with Crippen molar-refractivity contribution in [3.8, 4) is 0 Å². The van der Waals surface area contributed by atoms with Crippen molar-refractivity contribution in [2.75, 3.05) is 5.75 Å². The highest BCUT2D eigenvalue weighted by molar-refractivity contribution is 8.31. The van der Waals surface area contributed by atoms with E-state index < -0.39 is 18.1 Å². The van der Waals surface area contributed by atoms with Crippen LogP contribution >= 0.6 is 21.4 Å². The Morgan fingerprint density at radius 3 is 1.69 bits per heavy atom. The second-order valence-electron chi connectivity index (χ2n) is 2.59. The molecule has 0 spiro atoms. The van der Waals surface area contributed by atoms with Gasteiger partial charge in [-0.2, -0.15) is 8.42 Å². The van der Waals surface area contributed by atoms with Crippen LogP contribution in [0.5, 0.6) is 0 Å². The fourth-order valence-electron chi connectivity index (χ4n) is 0.794. The lowest BCUT2D eigenvalue weighted by atomic mass is 10.4. The van der Waals surface area contributed by atoms with Gasteiger partial charge in [-0.1, -0.05) is 25.1 Å². The van der Waals surface area contributed by atoms with Crippen molar-refractivity contribution in [1.29, 1.82) is 0 Å². The number of hydrogen-bond donors (Lipinski definition) is 0. The summed E-state index contributed by atoms with van der Waals surface area (Å²) in [6, 6.07) is 8.47. The van der Waals surface area contributed by atoms with Gasteiger partial charge >= 0.3 is 8.26 Å². The Bertz CT molecular complexity index is 500. The molecule has 1 rings (SSSR count). The molecule has 0 aliphatic carbocycles. The van der Waals surface area contributed by atoms with Crippen molar-refractivity contribution in [1.82, 2.24) is 0 Å². The number of hydrogen-bond acceptors (Lipinski definition) is 4. The van der Waals surface area contributed by atoms with E-state index in [2.05, 4.69) is 21.4 Å². The zero-order valence-electron chi connectivity index (χ0n) is 8.30. The summed E-state index contributed by atoms with van der Waals surface area (Å²) in [5, 5.41) is 0. The van der Waals surface area contributed by atoms with E-state index in [1.54, 1.807) is 37.3 Å². The monoisotopic (exact) mass is 304 g/mol. The van der Waals surface area contributed by atoms with Gasteiger partial charge in [0.25, 0.3) is 0 Å². The summed E-state index contributed by atoms with van der Waals surface area (Å²) in [5.41, 5.74) is 0. The average molecular weight is 305 g/mol. The smallest absolute Gasteiger partial charge is 0.224 e. The van der Waals surface area contributed by atoms with E-state index in [4.69, 9.17) is 8.42 Å². The molecule has 0 unspecified atom stereocenters. The molecule has 0 amide bonds. The van der Waals surface area contributed by atoms with E-state index in [0.29, 0.717) is 4.90 Å². The van der Waals surface area contributed by atoms with Gasteiger partial charge in [0.05, 0.1) is 10.6 Å². The van der Waals surface area contributed by atoms with Gasteiger partial charge in [-0.05, 0) is 12.1 Å². The Morgan fingerprint density at radius 1 is 1.00 bits per heavy atom. The van der Waals surface area contributed by atoms with Crippen LogP contribution in [0.15, 0.2) is 35.2 Å². The quantitative estimate of drug-likeness (QED) is 0.785. The molecule has 4 nitrogen and oxygen atoms in total. The lowest BCUT2D eigenvalue weighted by Gasteiger charge is -1.98. The summed E-state index contributed by atoms with van der Waals surface area (Å²) in [5.74, 6) is 0.164. The van der Waals surface area contributed by atoms with E-state index in [9.17, 15) is 8.42 Å². The summed E-state index contributed by atoms with van der Waals surface area (Å²) in [6.07, 6.45) is 0. The Kier molecular flexibility index (Phi) is 6.32. The first-order chi connectivity index (χ1) is 7.17. The van der Waals surface area contributed by atoms with Gasteiger partial charge in [-0.25, -0.2) is 8.42 Å². The number of rotatable bonds is 2. The van der Waals surface area contributed by atoms with Gasteiger partial charge in [-0.15, -0.1) is 0 Å². The molecule has 0 bridgehead atoms. The molecule has 0 atom stereocenters. The summed E-state index contributed by atoms with van der Waals surface area (Å²) >= 11 is 0. The summed E-state index contributed by atoms with van der Waals surface area (Å²) in [7, 11) is 1.82. The van der Waals surface area contributed by atoms with Gasteiger partial charge in [0.2, 0.25) is 0 Å². The molecule has 92 valence electrons. The van der Waals surface area contributed by atoms with Crippen LogP contribution in [-0.2, 0) is 18.1 Å². The molecule has 0 saturated carbocycles. The van der Waals surface area contributed by atoms with Crippen LogP contribution in [0.4, 0.5) is 0 Å². The number of sulfone groups is 1. The van der Waals surface area contributed by atoms with Crippen LogP contribution in [0, 0.1) is 0 Å². The first kappa shape index (κ1) is 15.7. The van der Waals surface area contributed by atoms with E-state index in [-0.39, 0.29) is 5.75 Å². The van der Waals surface area contributed by atoms with Gasteiger partial charge < -0.3 is 0 Å². The molecule has 8 heteroatoms. The third kappa shape index (κ3) is 7.92. The van der Waals surface area contributed by atoms with Gasteiger partial charge in [-0.3, -0.25) is 0 Å². The standard InChI is InChI=1S/C8H10O2S.Cl2O2S/c1-2-11(9,10)8-6-4-3-5-7-8;1-5(2,3)4/h3-7H,2H2,1H3;. The van der Waals surface area contributed by atoms with Crippen LogP contribution in [0.2, 0.25) is 0 Å². The van der Waals surface area contributed by atoms with Gasteiger partial charge in [0.15, 0.2) is 9.84 Å². The molecule has 0 aliphatic heterocycles. The predicted molar refractivity (Wildman–Crippen MR) is 64.8 cm³/mol. The van der Waals surface area contributed by atoms with Crippen molar-refractivity contribution in [3.63, 3.8) is 0 Å². The third-order valence-corrected chi connectivity index (χ3v) is 3.23. The fraction of sp³-hybridized carbons (Fsp3) is 0.250. The maximum Gasteiger partial charge on any atom is 0.317 e. The molecule has 0 fully saturated rings. The van der Waals surface area contributed by atoms with E-state index in [0.717, 1.165) is 0 Å². The fourth-order valence-corrected chi connectivity index (χ4v) is 1.70. The van der Waals surface area contributed by atoms with Gasteiger partial charge in [0, 0.05) is 21.4 Å². The lowest BCUT2D eigenvalue weighted by Crippen LogP contribution is -2.02. The number of halogens is 2. The second kappa shape index (κ2) is 6.44. The highest BCUT2D eigenvalue weighted by atomic mass is 36.0. The highest BCUT2D eigenvalue weighted by Gasteiger charge is 2.08. The molecular formula is C8H10Cl2O4S2. The molecular weight excluding hydrogens is 295 g/mol. The Hall–Kier alpha value is -0.300. The normalized spacial score (nSPS) is 11.4. The maximum atomic E-state index is 11.2. The van der Waals surface area contributed by atoms with Crippen LogP contribution in [0.25, 0.3) is 0 Å². The van der Waals surface area contributed by atoms with E-state index in [1.807, 2.05) is 0 Å². The van der Waals surface area contributed by atoms with Crippen molar-refractivity contribution in [2.24, 2.45) is 0 Å². The predicted octanol–water partition coefficient (Wildman–Crippen LogP) is 2.19. The highest BCUT2D eigenvalue weighted by Crippen LogP contribution is 2.08. The SMILES string of the molecule is CCS(=O)(=O)c1ccccc1.O=S(=O)(Cl)Cl. The van der Waals surface area contributed by atoms with Crippen LogP contribution in [0.3, 0.4) is 0 Å². The van der Waals surface area contributed by atoms with Crippen molar-refractivity contribution < 1.29 is 16.8 Å². The molecule has 0 saturated heterocycles. The Morgan fingerprint density at radius 2 is 1.38 bits per heavy atom. The first-order valence-electron chi connectivity index (χ1n) is 4.09. The molecule has 1 aromatic rings. The first-order valence-corrected chi connectivity index (χ1v) is 8.87. The third-order valence-electron chi connectivity index (χ3n) is 1.48. The Balaban J connectivity index is 0.000000385. The average Bonchev–Trinajstić information content (AvgIpc) is 2.17.